The second-order valence-electron chi connectivity index (χ2n) is 4.11. The lowest BCUT2D eigenvalue weighted by Gasteiger charge is -2.42. The smallest absolute Gasteiger partial charge is 0.0840 e. The van der Waals surface area contributed by atoms with Crippen molar-refractivity contribution in [3.8, 4) is 0 Å². The summed E-state index contributed by atoms with van der Waals surface area (Å²) in [4.78, 5) is 4.60. The molecule has 2 heterocycles. The lowest BCUT2D eigenvalue weighted by Crippen LogP contribution is -2.50. The van der Waals surface area contributed by atoms with Crippen molar-refractivity contribution in [3.05, 3.63) is 24.4 Å². The zero-order valence-electron chi connectivity index (χ0n) is 8.63. The fourth-order valence-electron chi connectivity index (χ4n) is 2.13. The number of piperidine rings is 1. The molecule has 1 fully saturated rings. The summed E-state index contributed by atoms with van der Waals surface area (Å²) in [7, 11) is 2.13. The maximum absolute atomic E-state index is 9.63. The van der Waals surface area contributed by atoms with E-state index in [0.29, 0.717) is 6.17 Å². The van der Waals surface area contributed by atoms with E-state index < -0.39 is 0 Å². The Kier molecular flexibility index (Phi) is 2.89. The second-order valence-corrected chi connectivity index (χ2v) is 4.11. The summed E-state index contributed by atoms with van der Waals surface area (Å²) in [5.74, 6) is 0. The quantitative estimate of drug-likeness (QED) is 0.668. The van der Waals surface area contributed by atoms with Gasteiger partial charge in [0.1, 0.15) is 0 Å². The molecule has 2 atom stereocenters. The lowest BCUT2D eigenvalue weighted by atomic mass is 10.0. The normalized spacial score (nSPS) is 33.7. The summed E-state index contributed by atoms with van der Waals surface area (Å²) in [6.45, 7) is 1.94. The zero-order valence-corrected chi connectivity index (χ0v) is 8.63. The molecule has 2 aliphatic heterocycles. The van der Waals surface area contributed by atoms with Crippen molar-refractivity contribution in [1.29, 1.82) is 0 Å². The fraction of sp³-hybridized carbons (Fsp3) is 0.636. The number of likely N-dealkylation sites (tertiary alicyclic amines) is 1. The molecule has 2 unspecified atom stereocenters. The average molecular weight is 194 g/mol. The molecule has 0 spiro atoms. The number of hydrogen-bond acceptors (Lipinski definition) is 3. The van der Waals surface area contributed by atoms with E-state index in [0.717, 1.165) is 25.9 Å². The van der Waals surface area contributed by atoms with Crippen molar-refractivity contribution >= 4 is 0 Å². The molecule has 14 heavy (non-hydrogen) atoms. The minimum absolute atomic E-state index is 0.129. The largest absolute Gasteiger partial charge is 0.393 e. The van der Waals surface area contributed by atoms with Crippen LogP contribution >= 0.6 is 0 Å². The number of nitrogens with zero attached hydrogens (tertiary/aromatic N) is 2. The third-order valence-corrected chi connectivity index (χ3v) is 3.03. The van der Waals surface area contributed by atoms with Crippen molar-refractivity contribution in [2.75, 3.05) is 20.1 Å². The van der Waals surface area contributed by atoms with Crippen LogP contribution in [0.5, 0.6) is 0 Å². The topological polar surface area (TPSA) is 26.7 Å². The molecular weight excluding hydrogens is 176 g/mol. The Morgan fingerprint density at radius 3 is 2.93 bits per heavy atom. The summed E-state index contributed by atoms with van der Waals surface area (Å²) in [5, 5.41) is 9.63. The van der Waals surface area contributed by atoms with E-state index in [9.17, 15) is 5.11 Å². The van der Waals surface area contributed by atoms with Crippen molar-refractivity contribution in [2.24, 2.45) is 0 Å². The van der Waals surface area contributed by atoms with Gasteiger partial charge < -0.3 is 10.0 Å². The first-order valence-corrected chi connectivity index (χ1v) is 5.25. The van der Waals surface area contributed by atoms with Crippen LogP contribution in [0.2, 0.25) is 0 Å². The maximum Gasteiger partial charge on any atom is 0.0840 e. The Hall–Kier alpha value is -0.800. The Bertz CT molecular complexity index is 250. The monoisotopic (exact) mass is 194 g/mol. The third kappa shape index (κ3) is 1.99. The van der Waals surface area contributed by atoms with E-state index in [1.165, 1.54) is 0 Å². The lowest BCUT2D eigenvalue weighted by molar-refractivity contribution is -0.000228. The summed E-state index contributed by atoms with van der Waals surface area (Å²) < 4.78 is 0. The first kappa shape index (κ1) is 9.74. The summed E-state index contributed by atoms with van der Waals surface area (Å²) in [6, 6.07) is 0. The average Bonchev–Trinajstić information content (AvgIpc) is 2.23. The molecule has 3 heteroatoms. The van der Waals surface area contributed by atoms with Crippen LogP contribution in [0.15, 0.2) is 24.4 Å². The molecule has 0 bridgehead atoms. The number of allylic oxidation sites excluding steroid dienone is 2. The van der Waals surface area contributed by atoms with Crippen molar-refractivity contribution < 1.29 is 5.11 Å². The Morgan fingerprint density at radius 2 is 2.21 bits per heavy atom. The maximum atomic E-state index is 9.63. The van der Waals surface area contributed by atoms with E-state index in [-0.39, 0.29) is 6.10 Å². The first-order chi connectivity index (χ1) is 6.77. The Balaban J connectivity index is 2.00. The van der Waals surface area contributed by atoms with E-state index in [1.54, 1.807) is 0 Å². The van der Waals surface area contributed by atoms with Gasteiger partial charge >= 0.3 is 0 Å². The summed E-state index contributed by atoms with van der Waals surface area (Å²) >= 11 is 0. The second kappa shape index (κ2) is 4.15. The number of aliphatic hydroxyl groups excluding tert-OH is 1. The van der Waals surface area contributed by atoms with Gasteiger partial charge in [-0.2, -0.15) is 0 Å². The SMILES string of the molecule is CN1CCC(O)CC1N1C=CC=CC1. The van der Waals surface area contributed by atoms with Gasteiger partial charge in [-0.15, -0.1) is 0 Å². The van der Waals surface area contributed by atoms with Crippen LogP contribution in [0.4, 0.5) is 0 Å². The van der Waals surface area contributed by atoms with Crippen LogP contribution in [-0.4, -0.2) is 47.3 Å². The van der Waals surface area contributed by atoms with Crippen LogP contribution in [0, 0.1) is 0 Å². The summed E-state index contributed by atoms with van der Waals surface area (Å²) in [6.07, 6.45) is 10.4. The van der Waals surface area contributed by atoms with Crippen molar-refractivity contribution in [2.45, 2.75) is 25.1 Å². The van der Waals surface area contributed by atoms with Crippen LogP contribution in [0.1, 0.15) is 12.8 Å². The fourth-order valence-corrected chi connectivity index (χ4v) is 2.13. The third-order valence-electron chi connectivity index (χ3n) is 3.03. The van der Waals surface area contributed by atoms with Crippen LogP contribution in [0.25, 0.3) is 0 Å². The highest BCUT2D eigenvalue weighted by molar-refractivity contribution is 5.09. The van der Waals surface area contributed by atoms with Gasteiger partial charge in [-0.05, 0) is 19.5 Å². The molecule has 0 radical (unpaired) electrons. The molecule has 1 N–H and O–H groups in total. The molecule has 78 valence electrons. The molecule has 2 aliphatic rings. The minimum Gasteiger partial charge on any atom is -0.393 e. The van der Waals surface area contributed by atoms with Gasteiger partial charge in [-0.1, -0.05) is 12.2 Å². The molecule has 0 aromatic heterocycles. The van der Waals surface area contributed by atoms with E-state index >= 15 is 0 Å². The number of aliphatic hydroxyl groups is 1. The highest BCUT2D eigenvalue weighted by Crippen LogP contribution is 2.20. The van der Waals surface area contributed by atoms with E-state index in [2.05, 4.69) is 41.3 Å². The minimum atomic E-state index is -0.129. The standard InChI is InChI=1S/C11H18N2O/c1-12-8-5-10(14)9-11(12)13-6-3-2-4-7-13/h2-4,6,10-11,14H,5,7-9H2,1H3. The molecule has 0 aromatic rings. The highest BCUT2D eigenvalue weighted by atomic mass is 16.3. The first-order valence-electron chi connectivity index (χ1n) is 5.25. The Morgan fingerprint density at radius 1 is 1.36 bits per heavy atom. The molecule has 0 aliphatic carbocycles. The van der Waals surface area contributed by atoms with Crippen molar-refractivity contribution in [3.63, 3.8) is 0 Å². The predicted octanol–water partition coefficient (Wildman–Crippen LogP) is 0.784. The van der Waals surface area contributed by atoms with Gasteiger partial charge in [0.15, 0.2) is 0 Å². The van der Waals surface area contributed by atoms with Crippen molar-refractivity contribution in [1.82, 2.24) is 9.80 Å². The number of hydrogen-bond donors (Lipinski definition) is 1. The van der Waals surface area contributed by atoms with Gasteiger partial charge in [0, 0.05) is 25.7 Å². The van der Waals surface area contributed by atoms with Gasteiger partial charge in [0.25, 0.3) is 0 Å². The van der Waals surface area contributed by atoms with Crippen LogP contribution in [0.3, 0.4) is 0 Å². The van der Waals surface area contributed by atoms with Gasteiger partial charge in [0.2, 0.25) is 0 Å². The number of rotatable bonds is 1. The highest BCUT2D eigenvalue weighted by Gasteiger charge is 2.27. The van der Waals surface area contributed by atoms with Crippen LogP contribution in [-0.2, 0) is 0 Å². The zero-order chi connectivity index (χ0) is 9.97. The molecule has 3 nitrogen and oxygen atoms in total. The summed E-state index contributed by atoms with van der Waals surface area (Å²) in [5.41, 5.74) is 0. The predicted molar refractivity (Wildman–Crippen MR) is 56.6 cm³/mol. The van der Waals surface area contributed by atoms with E-state index in [1.807, 2.05) is 0 Å². The van der Waals surface area contributed by atoms with Crippen LogP contribution < -0.4 is 0 Å². The molecule has 2 rings (SSSR count). The van der Waals surface area contributed by atoms with E-state index in [4.69, 9.17) is 0 Å². The van der Waals surface area contributed by atoms with Gasteiger partial charge in [0.05, 0.1) is 12.3 Å². The van der Waals surface area contributed by atoms with Gasteiger partial charge in [-0.3, -0.25) is 4.90 Å². The molecule has 1 saturated heterocycles. The molecule has 0 saturated carbocycles. The molecule has 0 aromatic carbocycles. The molecular formula is C11H18N2O. The van der Waals surface area contributed by atoms with Gasteiger partial charge in [-0.25, -0.2) is 0 Å². The Labute approximate surface area is 85.3 Å². The molecule has 0 amide bonds.